The van der Waals surface area contributed by atoms with E-state index >= 15 is 0 Å². The van der Waals surface area contributed by atoms with Gasteiger partial charge in [-0.05, 0) is 5.75 Å². The summed E-state index contributed by atoms with van der Waals surface area (Å²) < 4.78 is 0. The van der Waals surface area contributed by atoms with Gasteiger partial charge in [-0.25, -0.2) is 10.2 Å². The molecule has 0 saturated heterocycles. The van der Waals surface area contributed by atoms with Crippen LogP contribution in [-0.2, 0) is 4.79 Å². The maximum atomic E-state index is 10.7. The molecule has 0 bridgehead atoms. The highest BCUT2D eigenvalue weighted by Crippen LogP contribution is 1.80. The third kappa shape index (κ3) is 5.53. The van der Waals surface area contributed by atoms with E-state index in [4.69, 9.17) is 0 Å². The summed E-state index contributed by atoms with van der Waals surface area (Å²) in [5.41, 5.74) is 4.32. The number of amides is 3. The second-order valence-corrected chi connectivity index (χ2v) is 2.17. The normalized spacial score (nSPS) is 8.55. The highest BCUT2D eigenvalue weighted by molar-refractivity contribution is 7.80. The molecule has 5 nitrogen and oxygen atoms in total. The van der Waals surface area contributed by atoms with Gasteiger partial charge in [-0.3, -0.25) is 10.2 Å². The van der Waals surface area contributed by atoms with Crippen LogP contribution in [-0.4, -0.2) is 24.7 Å². The van der Waals surface area contributed by atoms with Gasteiger partial charge >= 0.3 is 6.03 Å². The molecule has 0 heterocycles. The van der Waals surface area contributed by atoms with Gasteiger partial charge in [0, 0.05) is 13.5 Å². The van der Waals surface area contributed by atoms with Crippen molar-refractivity contribution < 1.29 is 9.59 Å². The maximum Gasteiger partial charge on any atom is 0.333 e. The number of thiol groups is 1. The molecule has 0 aliphatic heterocycles. The zero-order valence-electron chi connectivity index (χ0n) is 6.18. The second-order valence-electron chi connectivity index (χ2n) is 1.73. The molecule has 0 aromatic carbocycles. The van der Waals surface area contributed by atoms with Crippen LogP contribution < -0.4 is 16.2 Å². The Morgan fingerprint density at radius 3 is 2.45 bits per heavy atom. The number of rotatable bonds is 2. The van der Waals surface area contributed by atoms with Gasteiger partial charge in [-0.15, -0.1) is 0 Å². The summed E-state index contributed by atoms with van der Waals surface area (Å²) in [6, 6.07) is -0.447. The van der Waals surface area contributed by atoms with Crippen LogP contribution in [0.15, 0.2) is 0 Å². The van der Waals surface area contributed by atoms with E-state index in [-0.39, 0.29) is 12.3 Å². The molecule has 0 aliphatic rings. The smallest absolute Gasteiger partial charge is 0.333 e. The Bertz CT molecular complexity index is 151. The van der Waals surface area contributed by atoms with Crippen molar-refractivity contribution in [3.8, 4) is 0 Å². The predicted octanol–water partition coefficient (Wildman–Crippen LogP) is -0.734. The number of urea groups is 1. The fourth-order valence-corrected chi connectivity index (χ4v) is 0.556. The van der Waals surface area contributed by atoms with Gasteiger partial charge in [-0.2, -0.15) is 12.6 Å². The van der Waals surface area contributed by atoms with Gasteiger partial charge in [0.2, 0.25) is 5.91 Å². The Morgan fingerprint density at radius 2 is 2.00 bits per heavy atom. The minimum absolute atomic E-state index is 0.261. The number of nitrogens with one attached hydrogen (secondary N) is 3. The molecule has 0 aromatic heterocycles. The van der Waals surface area contributed by atoms with Crippen molar-refractivity contribution in [3.05, 3.63) is 0 Å². The summed E-state index contributed by atoms with van der Waals surface area (Å²) in [6.45, 7) is 0. The van der Waals surface area contributed by atoms with Crippen molar-refractivity contribution in [2.75, 3.05) is 12.8 Å². The van der Waals surface area contributed by atoms with Crippen molar-refractivity contribution in [1.82, 2.24) is 16.2 Å². The molecule has 0 unspecified atom stereocenters. The third-order valence-corrected chi connectivity index (χ3v) is 1.10. The van der Waals surface area contributed by atoms with Crippen molar-refractivity contribution >= 4 is 24.6 Å². The summed E-state index contributed by atoms with van der Waals surface area (Å²) in [4.78, 5) is 21.1. The zero-order valence-corrected chi connectivity index (χ0v) is 7.07. The zero-order chi connectivity index (χ0) is 8.69. The highest BCUT2D eigenvalue weighted by atomic mass is 32.1. The van der Waals surface area contributed by atoms with Crippen LogP contribution in [0.2, 0.25) is 0 Å². The van der Waals surface area contributed by atoms with E-state index in [0.717, 1.165) is 0 Å². The van der Waals surface area contributed by atoms with Gasteiger partial charge in [0.05, 0.1) is 0 Å². The first-order valence-electron chi connectivity index (χ1n) is 3.08. The standard InChI is InChI=1S/C5H11N3O2S/c1-6-5(10)8-7-4(9)2-3-11/h11H,2-3H2,1H3,(H,7,9)(H2,6,8,10). The number of carbonyl (C=O) groups is 2. The molecule has 0 spiro atoms. The molecular weight excluding hydrogens is 166 g/mol. The van der Waals surface area contributed by atoms with Gasteiger partial charge in [-0.1, -0.05) is 0 Å². The summed E-state index contributed by atoms with van der Waals surface area (Å²) >= 11 is 3.84. The van der Waals surface area contributed by atoms with Crippen LogP contribution >= 0.6 is 12.6 Å². The SMILES string of the molecule is CNC(=O)NNC(=O)CCS. The molecule has 0 aromatic rings. The van der Waals surface area contributed by atoms with E-state index in [0.29, 0.717) is 5.75 Å². The van der Waals surface area contributed by atoms with E-state index in [1.807, 2.05) is 0 Å². The fourth-order valence-electron chi connectivity index (χ4n) is 0.353. The third-order valence-electron chi connectivity index (χ3n) is 0.881. The van der Waals surface area contributed by atoms with Crippen molar-refractivity contribution in [2.24, 2.45) is 0 Å². The Labute approximate surface area is 70.3 Å². The molecule has 0 atom stereocenters. The highest BCUT2D eigenvalue weighted by Gasteiger charge is 1.99. The molecule has 0 saturated carbocycles. The van der Waals surface area contributed by atoms with Crippen LogP contribution in [0.25, 0.3) is 0 Å². The molecule has 3 N–H and O–H groups in total. The molecule has 64 valence electrons. The molecule has 0 aliphatic carbocycles. The van der Waals surface area contributed by atoms with Gasteiger partial charge in [0.1, 0.15) is 0 Å². The monoisotopic (exact) mass is 177 g/mol. The van der Waals surface area contributed by atoms with Gasteiger partial charge < -0.3 is 5.32 Å². The molecule has 0 rings (SSSR count). The molecule has 11 heavy (non-hydrogen) atoms. The number of hydrogen-bond donors (Lipinski definition) is 4. The lowest BCUT2D eigenvalue weighted by Crippen LogP contribution is -2.45. The average Bonchev–Trinajstić information content (AvgIpc) is 2.01. The predicted molar refractivity (Wildman–Crippen MR) is 44.2 cm³/mol. The molecule has 3 amide bonds. The lowest BCUT2D eigenvalue weighted by atomic mass is 10.5. The Kier molecular flexibility index (Phi) is 5.36. The molecule has 0 fully saturated rings. The summed E-state index contributed by atoms with van der Waals surface area (Å²) in [6.07, 6.45) is 0.285. The Balaban J connectivity index is 3.38. The van der Waals surface area contributed by atoms with Crippen molar-refractivity contribution in [1.29, 1.82) is 0 Å². The average molecular weight is 177 g/mol. The molecule has 0 radical (unpaired) electrons. The largest absolute Gasteiger partial charge is 0.340 e. The first kappa shape index (κ1) is 10.1. The first-order valence-corrected chi connectivity index (χ1v) is 3.71. The lowest BCUT2D eigenvalue weighted by molar-refractivity contribution is -0.121. The molecule has 6 heteroatoms. The minimum atomic E-state index is -0.447. The summed E-state index contributed by atoms with van der Waals surface area (Å²) in [5.74, 6) is 0.199. The lowest BCUT2D eigenvalue weighted by Gasteiger charge is -2.04. The number of carbonyl (C=O) groups excluding carboxylic acids is 2. The minimum Gasteiger partial charge on any atom is -0.340 e. The second kappa shape index (κ2) is 5.84. The van der Waals surface area contributed by atoms with Crippen LogP contribution in [0.3, 0.4) is 0 Å². The Hall–Kier alpha value is -0.910. The van der Waals surface area contributed by atoms with Crippen LogP contribution in [0.4, 0.5) is 4.79 Å². The van der Waals surface area contributed by atoms with E-state index in [9.17, 15) is 9.59 Å². The summed E-state index contributed by atoms with van der Waals surface area (Å²) in [5, 5.41) is 2.28. The van der Waals surface area contributed by atoms with E-state index in [2.05, 4.69) is 28.8 Å². The van der Waals surface area contributed by atoms with Crippen LogP contribution in [0.5, 0.6) is 0 Å². The van der Waals surface area contributed by atoms with Gasteiger partial charge in [0.15, 0.2) is 0 Å². The first-order chi connectivity index (χ1) is 5.20. The number of hydrazine groups is 1. The topological polar surface area (TPSA) is 70.2 Å². The van der Waals surface area contributed by atoms with Crippen LogP contribution in [0.1, 0.15) is 6.42 Å². The maximum absolute atomic E-state index is 10.7. The van der Waals surface area contributed by atoms with Crippen molar-refractivity contribution in [3.63, 3.8) is 0 Å². The van der Waals surface area contributed by atoms with Gasteiger partial charge in [0.25, 0.3) is 0 Å². The Morgan fingerprint density at radius 1 is 1.36 bits per heavy atom. The quantitative estimate of drug-likeness (QED) is 0.331. The van der Waals surface area contributed by atoms with E-state index < -0.39 is 6.03 Å². The van der Waals surface area contributed by atoms with E-state index in [1.165, 1.54) is 7.05 Å². The fraction of sp³-hybridized carbons (Fsp3) is 0.600. The summed E-state index contributed by atoms with van der Waals surface area (Å²) in [7, 11) is 1.46. The van der Waals surface area contributed by atoms with Crippen molar-refractivity contribution in [2.45, 2.75) is 6.42 Å². The van der Waals surface area contributed by atoms with E-state index in [1.54, 1.807) is 0 Å². The number of hydrogen-bond acceptors (Lipinski definition) is 3. The molecular formula is C5H11N3O2S. The van der Waals surface area contributed by atoms with Crippen LogP contribution in [0, 0.1) is 0 Å².